The number of nitrogen functional groups attached to an aromatic ring is 1. The maximum absolute atomic E-state index is 7.58. The molecule has 0 radical (unpaired) electrons. The zero-order valence-electron chi connectivity index (χ0n) is 14.0. The highest BCUT2D eigenvalue weighted by atomic mass is 15.2. The van der Waals surface area contributed by atoms with Crippen LogP contribution >= 0.6 is 0 Å². The van der Waals surface area contributed by atoms with Gasteiger partial charge in [-0.25, -0.2) is 9.97 Å². The Morgan fingerprint density at radius 3 is 2.10 bits per heavy atom. The zero-order chi connectivity index (χ0) is 16.0. The minimum atomic E-state index is -0.00517. The van der Waals surface area contributed by atoms with Crippen molar-refractivity contribution in [2.24, 2.45) is 17.6 Å². The number of hydrogen-bond acceptors (Lipinski definition) is 4. The lowest BCUT2D eigenvalue weighted by atomic mass is 10.1. The summed E-state index contributed by atoms with van der Waals surface area (Å²) >= 11 is 0. The van der Waals surface area contributed by atoms with Gasteiger partial charge in [-0.1, -0.05) is 27.7 Å². The van der Waals surface area contributed by atoms with Gasteiger partial charge in [0, 0.05) is 18.8 Å². The summed E-state index contributed by atoms with van der Waals surface area (Å²) in [7, 11) is 0. The van der Waals surface area contributed by atoms with Gasteiger partial charge in [0.05, 0.1) is 0 Å². The SMILES string of the molecule is Cc1cc(C(=N)N)nc(N(CCC(C)C)CCC(C)C)n1. The zero-order valence-corrected chi connectivity index (χ0v) is 14.0. The third kappa shape index (κ3) is 6.10. The molecule has 0 spiro atoms. The molecule has 1 aromatic heterocycles. The van der Waals surface area contributed by atoms with Crippen molar-refractivity contribution in [3.05, 3.63) is 17.5 Å². The topological polar surface area (TPSA) is 78.9 Å². The Balaban J connectivity index is 2.97. The lowest BCUT2D eigenvalue weighted by Gasteiger charge is -2.25. The average Bonchev–Trinajstić information content (AvgIpc) is 2.37. The molecule has 0 saturated carbocycles. The average molecular weight is 291 g/mol. The summed E-state index contributed by atoms with van der Waals surface area (Å²) < 4.78 is 0. The van der Waals surface area contributed by atoms with Crippen LogP contribution in [0.3, 0.4) is 0 Å². The molecule has 0 unspecified atom stereocenters. The second-order valence-electron chi connectivity index (χ2n) is 6.46. The summed E-state index contributed by atoms with van der Waals surface area (Å²) in [5.74, 6) is 1.98. The van der Waals surface area contributed by atoms with E-state index in [4.69, 9.17) is 11.1 Å². The first-order valence-electron chi connectivity index (χ1n) is 7.74. The van der Waals surface area contributed by atoms with Gasteiger partial charge in [0.2, 0.25) is 5.95 Å². The van der Waals surface area contributed by atoms with Crippen LogP contribution < -0.4 is 10.6 Å². The third-order valence-electron chi connectivity index (χ3n) is 3.35. The predicted octanol–water partition coefficient (Wildman–Crippen LogP) is 2.97. The van der Waals surface area contributed by atoms with Crippen LogP contribution in [0.2, 0.25) is 0 Å². The van der Waals surface area contributed by atoms with E-state index >= 15 is 0 Å². The van der Waals surface area contributed by atoms with E-state index in [1.807, 2.05) is 6.92 Å². The molecular weight excluding hydrogens is 262 g/mol. The Hall–Kier alpha value is -1.65. The van der Waals surface area contributed by atoms with Gasteiger partial charge in [-0.2, -0.15) is 0 Å². The van der Waals surface area contributed by atoms with Crippen molar-refractivity contribution in [3.63, 3.8) is 0 Å². The highest BCUT2D eigenvalue weighted by Crippen LogP contribution is 2.15. The number of nitrogens with zero attached hydrogens (tertiary/aromatic N) is 3. The molecule has 5 nitrogen and oxygen atoms in total. The Morgan fingerprint density at radius 2 is 1.67 bits per heavy atom. The molecule has 21 heavy (non-hydrogen) atoms. The van der Waals surface area contributed by atoms with E-state index in [0.29, 0.717) is 23.5 Å². The van der Waals surface area contributed by atoms with Gasteiger partial charge < -0.3 is 10.6 Å². The van der Waals surface area contributed by atoms with Gasteiger partial charge in [-0.15, -0.1) is 0 Å². The molecule has 1 rings (SSSR count). The van der Waals surface area contributed by atoms with Gasteiger partial charge in [-0.05, 0) is 37.7 Å². The van der Waals surface area contributed by atoms with Crippen LogP contribution in [0.5, 0.6) is 0 Å². The second-order valence-corrected chi connectivity index (χ2v) is 6.46. The molecule has 0 bridgehead atoms. The first kappa shape index (κ1) is 17.4. The normalized spacial score (nSPS) is 11.2. The first-order chi connectivity index (χ1) is 9.79. The minimum absolute atomic E-state index is 0.00517. The molecule has 0 saturated heterocycles. The van der Waals surface area contributed by atoms with Crippen LogP contribution in [0.4, 0.5) is 5.95 Å². The Kier molecular flexibility index (Phi) is 6.59. The molecule has 0 atom stereocenters. The largest absolute Gasteiger partial charge is 0.382 e. The number of anilines is 1. The number of hydrogen-bond donors (Lipinski definition) is 2. The van der Waals surface area contributed by atoms with Crippen LogP contribution in [0.1, 0.15) is 51.9 Å². The van der Waals surface area contributed by atoms with Crippen LogP contribution in [0.15, 0.2) is 6.07 Å². The van der Waals surface area contributed by atoms with Crippen molar-refractivity contribution in [1.82, 2.24) is 9.97 Å². The molecule has 0 amide bonds. The van der Waals surface area contributed by atoms with Crippen molar-refractivity contribution >= 4 is 11.8 Å². The van der Waals surface area contributed by atoms with E-state index in [9.17, 15) is 0 Å². The van der Waals surface area contributed by atoms with Crippen LogP contribution in [0, 0.1) is 24.2 Å². The summed E-state index contributed by atoms with van der Waals surface area (Å²) in [5.41, 5.74) is 6.93. The summed E-state index contributed by atoms with van der Waals surface area (Å²) in [6.45, 7) is 12.7. The summed E-state index contributed by atoms with van der Waals surface area (Å²) in [6, 6.07) is 1.76. The van der Waals surface area contributed by atoms with Crippen molar-refractivity contribution in [2.75, 3.05) is 18.0 Å². The van der Waals surface area contributed by atoms with Crippen LogP contribution in [-0.4, -0.2) is 28.9 Å². The summed E-state index contributed by atoms with van der Waals surface area (Å²) in [4.78, 5) is 11.2. The lowest BCUT2D eigenvalue weighted by molar-refractivity contribution is 0.530. The second kappa shape index (κ2) is 7.96. The fraction of sp³-hybridized carbons (Fsp3) is 0.688. The summed E-state index contributed by atoms with van der Waals surface area (Å²) in [5, 5.41) is 7.58. The Labute approximate surface area is 128 Å². The van der Waals surface area contributed by atoms with Crippen molar-refractivity contribution in [3.8, 4) is 0 Å². The standard InChI is InChI=1S/C16H29N5/c1-11(2)6-8-21(9-7-12(3)4)16-19-13(5)10-14(20-16)15(17)18/h10-12H,6-9H2,1-5H3,(H3,17,18). The predicted molar refractivity (Wildman–Crippen MR) is 88.9 cm³/mol. The van der Waals surface area contributed by atoms with Gasteiger partial charge in [-0.3, -0.25) is 5.41 Å². The maximum Gasteiger partial charge on any atom is 0.226 e. The number of aryl methyl sites for hydroxylation is 1. The van der Waals surface area contributed by atoms with Gasteiger partial charge in [0.25, 0.3) is 0 Å². The number of aromatic nitrogens is 2. The van der Waals surface area contributed by atoms with E-state index in [1.165, 1.54) is 0 Å². The fourth-order valence-corrected chi connectivity index (χ4v) is 1.97. The summed E-state index contributed by atoms with van der Waals surface area (Å²) in [6.07, 6.45) is 2.20. The molecule has 0 aromatic carbocycles. The van der Waals surface area contributed by atoms with Gasteiger partial charge in [0.1, 0.15) is 11.5 Å². The third-order valence-corrected chi connectivity index (χ3v) is 3.35. The molecule has 0 fully saturated rings. The monoisotopic (exact) mass is 291 g/mol. The molecule has 3 N–H and O–H groups in total. The van der Waals surface area contributed by atoms with Crippen molar-refractivity contribution in [1.29, 1.82) is 5.41 Å². The highest BCUT2D eigenvalue weighted by Gasteiger charge is 2.13. The number of amidine groups is 1. The van der Waals surface area contributed by atoms with Crippen molar-refractivity contribution in [2.45, 2.75) is 47.5 Å². The molecule has 1 aromatic rings. The smallest absolute Gasteiger partial charge is 0.226 e. The van der Waals surface area contributed by atoms with E-state index in [0.717, 1.165) is 31.6 Å². The number of rotatable bonds is 8. The molecular formula is C16H29N5. The Bertz CT molecular complexity index is 456. The quantitative estimate of drug-likeness (QED) is 0.570. The first-order valence-corrected chi connectivity index (χ1v) is 7.74. The van der Waals surface area contributed by atoms with Crippen molar-refractivity contribution < 1.29 is 0 Å². The lowest BCUT2D eigenvalue weighted by Crippen LogP contribution is -2.30. The number of nitrogens with one attached hydrogen (secondary N) is 1. The number of nitrogens with two attached hydrogens (primary N) is 1. The molecule has 0 aliphatic carbocycles. The van der Waals surface area contributed by atoms with Crippen LogP contribution in [-0.2, 0) is 0 Å². The molecule has 5 heteroatoms. The van der Waals surface area contributed by atoms with E-state index in [-0.39, 0.29) is 5.84 Å². The van der Waals surface area contributed by atoms with E-state index in [1.54, 1.807) is 6.07 Å². The van der Waals surface area contributed by atoms with E-state index in [2.05, 4.69) is 42.6 Å². The van der Waals surface area contributed by atoms with Gasteiger partial charge >= 0.3 is 0 Å². The fourth-order valence-electron chi connectivity index (χ4n) is 1.97. The Morgan fingerprint density at radius 1 is 1.14 bits per heavy atom. The highest BCUT2D eigenvalue weighted by molar-refractivity contribution is 5.93. The minimum Gasteiger partial charge on any atom is -0.382 e. The molecule has 1 heterocycles. The maximum atomic E-state index is 7.58. The molecule has 0 aliphatic rings. The van der Waals surface area contributed by atoms with Crippen LogP contribution in [0.25, 0.3) is 0 Å². The molecule has 0 aliphatic heterocycles. The molecule has 118 valence electrons. The van der Waals surface area contributed by atoms with E-state index < -0.39 is 0 Å². The van der Waals surface area contributed by atoms with Gasteiger partial charge in [0.15, 0.2) is 0 Å².